The molecule has 2 rings (SSSR count). The van der Waals surface area contributed by atoms with Crippen LogP contribution in [0.15, 0.2) is 41.7 Å². The molecule has 0 amide bonds. The molecule has 0 fully saturated rings. The van der Waals surface area contributed by atoms with Crippen molar-refractivity contribution in [3.05, 3.63) is 48.3 Å². The first kappa shape index (κ1) is 13.7. The molecule has 1 aromatic heterocycles. The first-order chi connectivity index (χ1) is 8.92. The molecule has 1 aromatic carbocycles. The molecule has 19 heavy (non-hydrogen) atoms. The van der Waals surface area contributed by atoms with Crippen LogP contribution >= 0.6 is 0 Å². The largest absolute Gasteiger partial charge is 0.331 e. The highest BCUT2D eigenvalue weighted by Crippen LogP contribution is 2.20. The molecular formula is C13H15FN2O2S. The van der Waals surface area contributed by atoms with Gasteiger partial charge in [0.15, 0.2) is 9.84 Å². The third-order valence-electron chi connectivity index (χ3n) is 2.81. The maximum atomic E-state index is 13.6. The molecule has 0 aliphatic carbocycles. The topological polar surface area (TPSA) is 52.0 Å². The first-order valence-electron chi connectivity index (χ1n) is 5.90. The van der Waals surface area contributed by atoms with Crippen LogP contribution in [0.1, 0.15) is 25.6 Å². The van der Waals surface area contributed by atoms with Crippen LogP contribution in [0, 0.1) is 5.82 Å². The normalized spacial score (nSPS) is 12.0. The van der Waals surface area contributed by atoms with Gasteiger partial charge in [-0.25, -0.2) is 17.8 Å². The van der Waals surface area contributed by atoms with Crippen LogP contribution in [0.25, 0.3) is 0 Å². The molecule has 0 atom stereocenters. The molecule has 1 heterocycles. The van der Waals surface area contributed by atoms with Crippen molar-refractivity contribution in [1.82, 2.24) is 9.55 Å². The summed E-state index contributed by atoms with van der Waals surface area (Å²) in [4.78, 5) is 3.68. The smallest absolute Gasteiger partial charge is 0.186 e. The van der Waals surface area contributed by atoms with Gasteiger partial charge >= 0.3 is 0 Å². The Morgan fingerprint density at radius 2 is 2.00 bits per heavy atom. The van der Waals surface area contributed by atoms with Crippen molar-refractivity contribution in [3.63, 3.8) is 0 Å². The number of nitrogens with zero attached hydrogens (tertiary/aromatic N) is 2. The van der Waals surface area contributed by atoms with Crippen LogP contribution in [0.3, 0.4) is 0 Å². The maximum absolute atomic E-state index is 13.6. The second-order valence-corrected chi connectivity index (χ2v) is 6.53. The summed E-state index contributed by atoms with van der Waals surface area (Å²) in [6.07, 6.45) is 3.08. The van der Waals surface area contributed by atoms with Crippen LogP contribution in [-0.2, 0) is 15.6 Å². The van der Waals surface area contributed by atoms with E-state index in [9.17, 15) is 12.8 Å². The predicted molar refractivity (Wildman–Crippen MR) is 69.9 cm³/mol. The minimum Gasteiger partial charge on any atom is -0.331 e. The van der Waals surface area contributed by atoms with Gasteiger partial charge in [-0.15, -0.1) is 0 Å². The van der Waals surface area contributed by atoms with E-state index in [4.69, 9.17) is 0 Å². The molecule has 0 saturated heterocycles. The van der Waals surface area contributed by atoms with Crippen LogP contribution in [0.2, 0.25) is 0 Å². The molecule has 0 N–H and O–H groups in total. The molecule has 0 spiro atoms. The zero-order valence-corrected chi connectivity index (χ0v) is 11.6. The van der Waals surface area contributed by atoms with Crippen molar-refractivity contribution in [3.8, 4) is 0 Å². The summed E-state index contributed by atoms with van der Waals surface area (Å²) in [6.45, 7) is 3.86. The average molecular weight is 282 g/mol. The molecule has 2 aromatic rings. The number of halogens is 1. The lowest BCUT2D eigenvalue weighted by Gasteiger charge is -2.12. The van der Waals surface area contributed by atoms with E-state index in [1.165, 1.54) is 24.4 Å². The molecular weight excluding hydrogens is 267 g/mol. The van der Waals surface area contributed by atoms with Gasteiger partial charge in [0.05, 0.1) is 17.8 Å². The average Bonchev–Trinajstić information content (AvgIpc) is 2.76. The summed E-state index contributed by atoms with van der Waals surface area (Å²) in [6, 6.07) is 5.50. The van der Waals surface area contributed by atoms with E-state index in [-0.39, 0.29) is 16.7 Å². The lowest BCUT2D eigenvalue weighted by atomic mass is 10.3. The fourth-order valence-electron chi connectivity index (χ4n) is 1.88. The van der Waals surface area contributed by atoms with Gasteiger partial charge < -0.3 is 4.57 Å². The van der Waals surface area contributed by atoms with E-state index in [2.05, 4.69) is 4.98 Å². The third kappa shape index (κ3) is 2.84. The van der Waals surface area contributed by atoms with E-state index in [0.29, 0.717) is 5.69 Å². The summed E-state index contributed by atoms with van der Waals surface area (Å²) >= 11 is 0. The molecule has 102 valence electrons. The van der Waals surface area contributed by atoms with E-state index < -0.39 is 15.7 Å². The number of benzene rings is 1. The van der Waals surface area contributed by atoms with E-state index in [1.807, 2.05) is 13.8 Å². The van der Waals surface area contributed by atoms with E-state index in [0.717, 1.165) is 6.07 Å². The van der Waals surface area contributed by atoms with Gasteiger partial charge in [-0.3, -0.25) is 0 Å². The van der Waals surface area contributed by atoms with Crippen molar-refractivity contribution in [1.29, 1.82) is 0 Å². The summed E-state index contributed by atoms with van der Waals surface area (Å²) in [5.41, 5.74) is 0.554. The van der Waals surface area contributed by atoms with Gasteiger partial charge in [-0.1, -0.05) is 12.1 Å². The molecule has 0 unspecified atom stereocenters. The SMILES string of the molecule is CC(C)n1cncc1CS(=O)(=O)c1ccccc1F. The Morgan fingerprint density at radius 1 is 1.32 bits per heavy atom. The molecule has 6 heteroatoms. The molecule has 0 bridgehead atoms. The lowest BCUT2D eigenvalue weighted by Crippen LogP contribution is -2.12. The van der Waals surface area contributed by atoms with Crippen molar-refractivity contribution in [2.45, 2.75) is 30.5 Å². The number of hydrogen-bond acceptors (Lipinski definition) is 3. The molecule has 4 nitrogen and oxygen atoms in total. The highest BCUT2D eigenvalue weighted by Gasteiger charge is 2.21. The van der Waals surface area contributed by atoms with Gasteiger partial charge in [0.25, 0.3) is 0 Å². The second kappa shape index (κ2) is 5.13. The summed E-state index contributed by atoms with van der Waals surface area (Å²) in [5.74, 6) is -0.982. The number of sulfone groups is 1. The van der Waals surface area contributed by atoms with Gasteiger partial charge in [0, 0.05) is 12.2 Å². The van der Waals surface area contributed by atoms with Crippen molar-refractivity contribution in [2.75, 3.05) is 0 Å². The Morgan fingerprint density at radius 3 is 2.63 bits per heavy atom. The first-order valence-corrected chi connectivity index (χ1v) is 7.55. The zero-order valence-electron chi connectivity index (χ0n) is 10.7. The number of hydrogen-bond donors (Lipinski definition) is 0. The van der Waals surface area contributed by atoms with E-state index >= 15 is 0 Å². The number of imidazole rings is 1. The van der Waals surface area contributed by atoms with Gasteiger partial charge in [0.2, 0.25) is 0 Å². The van der Waals surface area contributed by atoms with Crippen molar-refractivity contribution in [2.24, 2.45) is 0 Å². The monoisotopic (exact) mass is 282 g/mol. The van der Waals surface area contributed by atoms with Crippen LogP contribution < -0.4 is 0 Å². The van der Waals surface area contributed by atoms with Crippen LogP contribution in [0.4, 0.5) is 4.39 Å². The van der Waals surface area contributed by atoms with Crippen molar-refractivity contribution < 1.29 is 12.8 Å². The molecule has 0 aliphatic rings. The minimum absolute atomic E-state index is 0.105. The minimum atomic E-state index is -3.71. The summed E-state index contributed by atoms with van der Waals surface area (Å²) in [7, 11) is -3.71. The molecule has 0 radical (unpaired) electrons. The highest BCUT2D eigenvalue weighted by atomic mass is 32.2. The Kier molecular flexibility index (Phi) is 3.71. The number of rotatable bonds is 4. The quantitative estimate of drug-likeness (QED) is 0.866. The lowest BCUT2D eigenvalue weighted by molar-refractivity contribution is 0.557. The summed E-state index contributed by atoms with van der Waals surface area (Å²) < 4.78 is 39.8. The fourth-order valence-corrected chi connectivity index (χ4v) is 3.30. The Bertz CT molecular complexity index is 677. The third-order valence-corrected chi connectivity index (χ3v) is 4.49. The van der Waals surface area contributed by atoms with E-state index in [1.54, 1.807) is 10.9 Å². The Labute approximate surface area is 111 Å². The standard InChI is InChI=1S/C13H15FN2O2S/c1-10(2)16-9-15-7-11(16)8-19(17,18)13-6-4-3-5-12(13)14/h3-7,9-10H,8H2,1-2H3. The summed E-state index contributed by atoms with van der Waals surface area (Å²) in [5, 5.41) is 0. The van der Waals surface area contributed by atoms with Crippen LogP contribution in [0.5, 0.6) is 0 Å². The van der Waals surface area contributed by atoms with Gasteiger partial charge in [0.1, 0.15) is 10.7 Å². The van der Waals surface area contributed by atoms with Gasteiger partial charge in [-0.05, 0) is 26.0 Å². The highest BCUT2D eigenvalue weighted by molar-refractivity contribution is 7.90. The Hall–Kier alpha value is -1.69. The molecule has 0 saturated carbocycles. The Balaban J connectivity index is 2.37. The molecule has 0 aliphatic heterocycles. The maximum Gasteiger partial charge on any atom is 0.186 e. The van der Waals surface area contributed by atoms with Crippen molar-refractivity contribution >= 4 is 9.84 Å². The fraction of sp³-hybridized carbons (Fsp3) is 0.308. The van der Waals surface area contributed by atoms with Crippen LogP contribution in [-0.4, -0.2) is 18.0 Å². The van der Waals surface area contributed by atoms with Gasteiger partial charge in [-0.2, -0.15) is 0 Å². The zero-order chi connectivity index (χ0) is 14.0. The predicted octanol–water partition coefficient (Wildman–Crippen LogP) is 2.58. The second-order valence-electron chi connectivity index (χ2n) is 4.58. The number of aromatic nitrogens is 2.